The summed E-state index contributed by atoms with van der Waals surface area (Å²) in [6.45, 7) is 2.96. The van der Waals surface area contributed by atoms with Gasteiger partial charge in [0.1, 0.15) is 0 Å². The fraction of sp³-hybridized carbons (Fsp3) is 0.778. The zero-order valence-corrected chi connectivity index (χ0v) is 9.19. The lowest BCUT2D eigenvalue weighted by Gasteiger charge is -2.16. The van der Waals surface area contributed by atoms with Crippen molar-refractivity contribution in [3.8, 4) is 0 Å². The first-order valence-electron chi connectivity index (χ1n) is 4.87. The lowest BCUT2D eigenvalue weighted by atomic mass is 10.2. The summed E-state index contributed by atoms with van der Waals surface area (Å²) in [4.78, 5) is 23.2. The average molecular weight is 217 g/mol. The Labute approximate surface area is 89.4 Å². The van der Waals surface area contributed by atoms with Crippen LogP contribution < -0.4 is 11.1 Å². The van der Waals surface area contributed by atoms with Gasteiger partial charge in [0.15, 0.2) is 0 Å². The summed E-state index contributed by atoms with van der Waals surface area (Å²) in [7, 11) is 1.85. The molecule has 0 fully saturated rings. The van der Waals surface area contributed by atoms with Crippen LogP contribution in [0.1, 0.15) is 19.8 Å². The van der Waals surface area contributed by atoms with E-state index in [0.717, 1.165) is 0 Å². The van der Waals surface area contributed by atoms with Crippen LogP contribution in [0.25, 0.3) is 0 Å². The average Bonchev–Trinajstić information content (AvgIpc) is 2.10. The van der Waals surface area contributed by atoms with Gasteiger partial charge in [-0.05, 0) is 20.4 Å². The Balaban J connectivity index is 3.57. The zero-order chi connectivity index (χ0) is 11.8. The molecule has 0 bridgehead atoms. The fourth-order valence-corrected chi connectivity index (χ4v) is 1.01. The number of aliphatic hydroxyl groups excluding tert-OH is 1. The van der Waals surface area contributed by atoms with E-state index in [-0.39, 0.29) is 18.4 Å². The van der Waals surface area contributed by atoms with E-state index in [1.807, 2.05) is 17.3 Å². The molecule has 0 rings (SSSR count). The molecule has 0 aliphatic carbocycles. The van der Waals surface area contributed by atoms with Gasteiger partial charge in [0.05, 0.1) is 6.10 Å². The van der Waals surface area contributed by atoms with Crippen LogP contribution in [0.2, 0.25) is 0 Å². The van der Waals surface area contributed by atoms with Gasteiger partial charge >= 0.3 is 6.03 Å². The molecular formula is C9H19N3O3. The molecular weight excluding hydrogens is 198 g/mol. The molecule has 0 saturated carbocycles. The summed E-state index contributed by atoms with van der Waals surface area (Å²) in [5, 5.41) is 11.0. The van der Waals surface area contributed by atoms with Gasteiger partial charge in [0, 0.05) is 19.5 Å². The minimum Gasteiger partial charge on any atom is -0.393 e. The second-order valence-corrected chi connectivity index (χ2v) is 3.60. The third-order valence-electron chi connectivity index (χ3n) is 1.91. The molecule has 4 N–H and O–H groups in total. The van der Waals surface area contributed by atoms with Crippen molar-refractivity contribution in [3.63, 3.8) is 0 Å². The summed E-state index contributed by atoms with van der Waals surface area (Å²) in [5.74, 6) is -0.383. The van der Waals surface area contributed by atoms with Gasteiger partial charge in [-0.25, -0.2) is 4.79 Å². The van der Waals surface area contributed by atoms with Crippen molar-refractivity contribution in [3.05, 3.63) is 0 Å². The highest BCUT2D eigenvalue weighted by molar-refractivity contribution is 5.93. The first-order valence-corrected chi connectivity index (χ1v) is 4.87. The van der Waals surface area contributed by atoms with E-state index in [1.54, 1.807) is 6.92 Å². The Hall–Kier alpha value is -1.14. The summed E-state index contributed by atoms with van der Waals surface area (Å²) in [6.07, 6.45) is 0.541. The molecule has 6 nitrogen and oxygen atoms in total. The second kappa shape index (κ2) is 7.19. The Kier molecular flexibility index (Phi) is 6.64. The van der Waals surface area contributed by atoms with Crippen LogP contribution in [-0.4, -0.2) is 48.2 Å². The van der Waals surface area contributed by atoms with Crippen molar-refractivity contribution >= 4 is 11.9 Å². The number of carbonyl (C=O) groups excluding carboxylic acids is 2. The number of rotatable bonds is 6. The lowest BCUT2D eigenvalue weighted by molar-refractivity contribution is -0.120. The van der Waals surface area contributed by atoms with Crippen molar-refractivity contribution in [1.29, 1.82) is 0 Å². The number of nitrogens with one attached hydrogen (secondary N) is 1. The molecule has 0 aromatic heterocycles. The minimum atomic E-state index is -0.827. The second-order valence-electron chi connectivity index (χ2n) is 3.60. The highest BCUT2D eigenvalue weighted by atomic mass is 16.3. The van der Waals surface area contributed by atoms with Crippen molar-refractivity contribution in [2.24, 2.45) is 5.73 Å². The molecule has 0 heterocycles. The number of aliphatic hydroxyl groups is 1. The van der Waals surface area contributed by atoms with Gasteiger partial charge < -0.3 is 15.7 Å². The molecule has 0 aliphatic rings. The molecule has 88 valence electrons. The number of carbonyl (C=O) groups is 2. The maximum atomic E-state index is 11.0. The van der Waals surface area contributed by atoms with Gasteiger partial charge in [0.2, 0.25) is 5.91 Å². The van der Waals surface area contributed by atoms with Crippen molar-refractivity contribution < 1.29 is 14.7 Å². The van der Waals surface area contributed by atoms with Crippen LogP contribution in [0.15, 0.2) is 0 Å². The molecule has 0 aromatic rings. The molecule has 0 aliphatic heterocycles. The minimum absolute atomic E-state index is 0.221. The molecule has 0 aromatic carbocycles. The van der Waals surface area contributed by atoms with Crippen LogP contribution in [0.3, 0.4) is 0 Å². The van der Waals surface area contributed by atoms with Crippen molar-refractivity contribution in [2.45, 2.75) is 25.9 Å². The van der Waals surface area contributed by atoms with Crippen LogP contribution in [0.4, 0.5) is 4.79 Å². The Morgan fingerprint density at radius 3 is 2.53 bits per heavy atom. The molecule has 0 radical (unpaired) electrons. The predicted octanol–water partition coefficient (Wildman–Crippen LogP) is -0.726. The third kappa shape index (κ3) is 9.17. The molecule has 15 heavy (non-hydrogen) atoms. The van der Waals surface area contributed by atoms with Gasteiger partial charge in [-0.3, -0.25) is 10.1 Å². The maximum Gasteiger partial charge on any atom is 0.318 e. The van der Waals surface area contributed by atoms with E-state index in [2.05, 4.69) is 0 Å². The number of hydrogen-bond donors (Lipinski definition) is 3. The Morgan fingerprint density at radius 1 is 1.47 bits per heavy atom. The first kappa shape index (κ1) is 13.9. The largest absolute Gasteiger partial charge is 0.393 e. The molecule has 1 unspecified atom stereocenters. The van der Waals surface area contributed by atoms with E-state index in [0.29, 0.717) is 19.5 Å². The highest BCUT2D eigenvalue weighted by Gasteiger charge is 2.06. The Morgan fingerprint density at radius 2 is 2.07 bits per heavy atom. The van der Waals surface area contributed by atoms with Gasteiger partial charge in [0.25, 0.3) is 0 Å². The quantitative estimate of drug-likeness (QED) is 0.547. The Bertz CT molecular complexity index is 219. The predicted molar refractivity (Wildman–Crippen MR) is 56.1 cm³/mol. The number of nitrogens with two attached hydrogens (primary N) is 1. The van der Waals surface area contributed by atoms with Gasteiger partial charge in [-0.2, -0.15) is 0 Å². The summed E-state index contributed by atoms with van der Waals surface area (Å²) >= 11 is 0. The molecule has 0 spiro atoms. The van der Waals surface area contributed by atoms with Gasteiger partial charge in [-0.15, -0.1) is 0 Å². The lowest BCUT2D eigenvalue weighted by Crippen LogP contribution is -2.37. The normalized spacial score (nSPS) is 12.5. The van der Waals surface area contributed by atoms with E-state index in [1.165, 1.54) is 0 Å². The number of urea groups is 1. The summed E-state index contributed by atoms with van der Waals surface area (Å²) in [6, 6.07) is -0.827. The van der Waals surface area contributed by atoms with Gasteiger partial charge in [-0.1, -0.05) is 0 Å². The van der Waals surface area contributed by atoms with E-state index < -0.39 is 6.03 Å². The summed E-state index contributed by atoms with van der Waals surface area (Å²) in [5.41, 5.74) is 4.78. The number of nitrogens with zero attached hydrogens (tertiary/aromatic N) is 1. The monoisotopic (exact) mass is 217 g/mol. The van der Waals surface area contributed by atoms with E-state index in [4.69, 9.17) is 10.8 Å². The maximum absolute atomic E-state index is 11.0. The number of hydrogen-bond acceptors (Lipinski definition) is 4. The van der Waals surface area contributed by atoms with Crippen molar-refractivity contribution in [2.75, 3.05) is 20.1 Å². The molecule has 1 atom stereocenters. The van der Waals surface area contributed by atoms with Crippen LogP contribution in [-0.2, 0) is 4.79 Å². The number of imide groups is 1. The number of primary amides is 1. The summed E-state index contributed by atoms with van der Waals surface area (Å²) < 4.78 is 0. The van der Waals surface area contributed by atoms with Crippen molar-refractivity contribution in [1.82, 2.24) is 10.2 Å². The zero-order valence-electron chi connectivity index (χ0n) is 9.19. The fourth-order valence-electron chi connectivity index (χ4n) is 1.01. The van der Waals surface area contributed by atoms with E-state index in [9.17, 15) is 9.59 Å². The van der Waals surface area contributed by atoms with Crippen LogP contribution in [0.5, 0.6) is 0 Å². The van der Waals surface area contributed by atoms with Crippen LogP contribution >= 0.6 is 0 Å². The standard InChI is InChI=1S/C9H19N3O3/c1-7(13)3-5-12(2)6-4-8(14)11-9(10)15/h7,13H,3-6H2,1-2H3,(H3,10,11,14,15). The third-order valence-corrected chi connectivity index (χ3v) is 1.91. The molecule has 6 heteroatoms. The highest BCUT2D eigenvalue weighted by Crippen LogP contribution is 1.94. The first-order chi connectivity index (χ1) is 6.91. The smallest absolute Gasteiger partial charge is 0.318 e. The molecule has 0 saturated heterocycles. The molecule has 3 amide bonds. The number of amides is 3. The van der Waals surface area contributed by atoms with Crippen LogP contribution in [0, 0.1) is 0 Å². The topological polar surface area (TPSA) is 95.7 Å². The SMILES string of the molecule is CC(O)CCN(C)CCC(=O)NC(N)=O. The van der Waals surface area contributed by atoms with E-state index >= 15 is 0 Å².